The van der Waals surface area contributed by atoms with Crippen molar-refractivity contribution in [2.45, 2.75) is 64.0 Å². The lowest BCUT2D eigenvalue weighted by Gasteiger charge is -2.43. The summed E-state index contributed by atoms with van der Waals surface area (Å²) in [5, 5.41) is 9.61. The van der Waals surface area contributed by atoms with Crippen molar-refractivity contribution in [3.63, 3.8) is 0 Å². The molecule has 17 heavy (non-hydrogen) atoms. The maximum absolute atomic E-state index is 12.0. The number of rotatable bonds is 2. The van der Waals surface area contributed by atoms with E-state index in [1.165, 1.54) is 6.42 Å². The molecule has 1 rings (SSSR count). The zero-order valence-corrected chi connectivity index (χ0v) is 11.5. The van der Waals surface area contributed by atoms with Crippen LogP contribution in [0.15, 0.2) is 0 Å². The molecular formula is C13H25NO3. The van der Waals surface area contributed by atoms with E-state index in [1.807, 2.05) is 20.8 Å². The second kappa shape index (κ2) is 5.25. The first-order chi connectivity index (χ1) is 7.81. The van der Waals surface area contributed by atoms with Gasteiger partial charge in [0.05, 0.1) is 12.1 Å². The van der Waals surface area contributed by atoms with Gasteiger partial charge in [-0.3, -0.25) is 0 Å². The molecular weight excluding hydrogens is 218 g/mol. The monoisotopic (exact) mass is 243 g/mol. The highest BCUT2D eigenvalue weighted by Crippen LogP contribution is 2.33. The zero-order valence-electron chi connectivity index (χ0n) is 11.5. The van der Waals surface area contributed by atoms with Crippen molar-refractivity contribution < 1.29 is 14.6 Å². The fourth-order valence-corrected chi connectivity index (χ4v) is 2.33. The van der Waals surface area contributed by atoms with E-state index >= 15 is 0 Å². The Balaban J connectivity index is 2.71. The van der Waals surface area contributed by atoms with Gasteiger partial charge in [0.15, 0.2) is 0 Å². The molecule has 0 atom stereocenters. The number of hydrogen-bond acceptors (Lipinski definition) is 3. The van der Waals surface area contributed by atoms with Crippen LogP contribution in [0.25, 0.3) is 0 Å². The molecule has 0 heterocycles. The van der Waals surface area contributed by atoms with Crippen LogP contribution in [0.1, 0.15) is 52.9 Å². The molecule has 0 spiro atoms. The summed E-state index contributed by atoms with van der Waals surface area (Å²) in [7, 11) is 1.73. The maximum atomic E-state index is 12.0. The predicted octanol–water partition coefficient (Wildman–Crippen LogP) is 2.55. The highest BCUT2D eigenvalue weighted by Gasteiger charge is 2.39. The highest BCUT2D eigenvalue weighted by atomic mass is 16.6. The van der Waals surface area contributed by atoms with Gasteiger partial charge in [-0.2, -0.15) is 0 Å². The molecule has 100 valence electrons. The average molecular weight is 243 g/mol. The summed E-state index contributed by atoms with van der Waals surface area (Å²) in [5.41, 5.74) is -0.906. The van der Waals surface area contributed by atoms with E-state index in [1.54, 1.807) is 11.9 Å². The Morgan fingerprint density at radius 1 is 1.29 bits per heavy atom. The van der Waals surface area contributed by atoms with Crippen LogP contribution in [0.4, 0.5) is 4.79 Å². The third-order valence-electron chi connectivity index (χ3n) is 3.46. The van der Waals surface area contributed by atoms with Gasteiger partial charge in [0.1, 0.15) is 5.60 Å². The lowest BCUT2D eigenvalue weighted by Crippen LogP contribution is -2.54. The van der Waals surface area contributed by atoms with Crippen molar-refractivity contribution in [1.29, 1.82) is 0 Å². The normalized spacial score (nSPS) is 19.8. The Morgan fingerprint density at radius 3 is 2.24 bits per heavy atom. The van der Waals surface area contributed by atoms with Gasteiger partial charge in [-0.05, 0) is 33.6 Å². The SMILES string of the molecule is CN(C(=O)OC(C)(C)C)C1(CO)CCCCC1. The van der Waals surface area contributed by atoms with Gasteiger partial charge < -0.3 is 14.7 Å². The molecule has 0 aromatic carbocycles. The first kappa shape index (κ1) is 14.3. The topological polar surface area (TPSA) is 49.8 Å². The number of ether oxygens (including phenoxy) is 1. The number of carbonyl (C=O) groups excluding carboxylic acids is 1. The summed E-state index contributed by atoms with van der Waals surface area (Å²) in [4.78, 5) is 13.6. The molecule has 1 aliphatic carbocycles. The molecule has 1 saturated carbocycles. The van der Waals surface area contributed by atoms with E-state index in [-0.39, 0.29) is 12.7 Å². The maximum Gasteiger partial charge on any atom is 0.410 e. The Kier molecular flexibility index (Phi) is 4.42. The van der Waals surface area contributed by atoms with Gasteiger partial charge in [0, 0.05) is 7.05 Å². The molecule has 0 aromatic rings. The van der Waals surface area contributed by atoms with Crippen LogP contribution < -0.4 is 0 Å². The number of carbonyl (C=O) groups is 1. The second-order valence-corrected chi connectivity index (χ2v) is 5.98. The largest absolute Gasteiger partial charge is 0.444 e. The van der Waals surface area contributed by atoms with Crippen molar-refractivity contribution >= 4 is 6.09 Å². The zero-order chi connectivity index (χ0) is 13.1. The summed E-state index contributed by atoms with van der Waals surface area (Å²) in [6, 6.07) is 0. The number of hydrogen-bond donors (Lipinski definition) is 1. The molecule has 1 amide bonds. The van der Waals surface area contributed by atoms with Crippen LogP contribution in [-0.2, 0) is 4.74 Å². The lowest BCUT2D eigenvalue weighted by atomic mass is 9.81. The van der Waals surface area contributed by atoms with Crippen LogP contribution in [0, 0.1) is 0 Å². The van der Waals surface area contributed by atoms with Crippen LogP contribution in [-0.4, -0.2) is 40.9 Å². The first-order valence-electron chi connectivity index (χ1n) is 6.38. The number of nitrogens with zero attached hydrogens (tertiary/aromatic N) is 1. The van der Waals surface area contributed by atoms with E-state index in [4.69, 9.17) is 4.74 Å². The Hall–Kier alpha value is -0.770. The Bertz CT molecular complexity index is 264. The molecule has 4 nitrogen and oxygen atoms in total. The van der Waals surface area contributed by atoms with Crippen LogP contribution >= 0.6 is 0 Å². The summed E-state index contributed by atoms with van der Waals surface area (Å²) >= 11 is 0. The van der Waals surface area contributed by atoms with Gasteiger partial charge in [-0.25, -0.2) is 4.79 Å². The Morgan fingerprint density at radius 2 is 1.82 bits per heavy atom. The summed E-state index contributed by atoms with van der Waals surface area (Å²) in [6.07, 6.45) is 4.69. The van der Waals surface area contributed by atoms with Crippen molar-refractivity contribution in [2.24, 2.45) is 0 Å². The number of amides is 1. The van der Waals surface area contributed by atoms with Crippen molar-refractivity contribution in [3.05, 3.63) is 0 Å². The van der Waals surface area contributed by atoms with Crippen molar-refractivity contribution in [1.82, 2.24) is 4.90 Å². The molecule has 1 aliphatic rings. The number of aliphatic hydroxyl groups excluding tert-OH is 1. The third kappa shape index (κ3) is 3.60. The van der Waals surface area contributed by atoms with Crippen LogP contribution in [0.2, 0.25) is 0 Å². The molecule has 0 radical (unpaired) electrons. The molecule has 0 aliphatic heterocycles. The molecule has 1 N–H and O–H groups in total. The van der Waals surface area contributed by atoms with Crippen molar-refractivity contribution in [2.75, 3.05) is 13.7 Å². The molecule has 0 unspecified atom stereocenters. The van der Waals surface area contributed by atoms with E-state index in [0.717, 1.165) is 25.7 Å². The first-order valence-corrected chi connectivity index (χ1v) is 6.38. The quantitative estimate of drug-likeness (QED) is 0.811. The van der Waals surface area contributed by atoms with Gasteiger partial charge >= 0.3 is 6.09 Å². The minimum Gasteiger partial charge on any atom is -0.444 e. The van der Waals surface area contributed by atoms with Crippen LogP contribution in [0.5, 0.6) is 0 Å². The smallest absolute Gasteiger partial charge is 0.410 e. The highest BCUT2D eigenvalue weighted by molar-refractivity contribution is 5.69. The summed E-state index contributed by atoms with van der Waals surface area (Å²) in [6.45, 7) is 5.57. The minimum atomic E-state index is -0.489. The fraction of sp³-hybridized carbons (Fsp3) is 0.923. The predicted molar refractivity (Wildman–Crippen MR) is 66.9 cm³/mol. The van der Waals surface area contributed by atoms with Gasteiger partial charge in [0.2, 0.25) is 0 Å². The molecule has 0 aromatic heterocycles. The standard InChI is InChI=1S/C13H25NO3/c1-12(2,3)17-11(16)14(4)13(10-15)8-6-5-7-9-13/h15H,5-10H2,1-4H3. The molecule has 0 saturated heterocycles. The van der Waals surface area contributed by atoms with Gasteiger partial charge in [0.25, 0.3) is 0 Å². The minimum absolute atomic E-state index is 0.0166. The summed E-state index contributed by atoms with van der Waals surface area (Å²) in [5.74, 6) is 0. The molecule has 4 heteroatoms. The fourth-order valence-electron chi connectivity index (χ4n) is 2.33. The molecule has 1 fully saturated rings. The van der Waals surface area contributed by atoms with Gasteiger partial charge in [-0.15, -0.1) is 0 Å². The van der Waals surface area contributed by atoms with E-state index in [0.29, 0.717) is 0 Å². The number of aliphatic hydroxyl groups is 1. The number of likely N-dealkylation sites (N-methyl/N-ethyl adjacent to an activating group) is 1. The summed E-state index contributed by atoms with van der Waals surface area (Å²) < 4.78 is 5.36. The lowest BCUT2D eigenvalue weighted by molar-refractivity contribution is -0.0214. The van der Waals surface area contributed by atoms with E-state index in [9.17, 15) is 9.90 Å². The third-order valence-corrected chi connectivity index (χ3v) is 3.46. The van der Waals surface area contributed by atoms with Crippen LogP contribution in [0.3, 0.4) is 0 Å². The Labute approximate surface area is 104 Å². The van der Waals surface area contributed by atoms with Gasteiger partial charge in [-0.1, -0.05) is 19.3 Å². The average Bonchev–Trinajstić information content (AvgIpc) is 2.26. The molecule has 0 bridgehead atoms. The second-order valence-electron chi connectivity index (χ2n) is 5.98. The van der Waals surface area contributed by atoms with Crippen molar-refractivity contribution in [3.8, 4) is 0 Å². The van der Waals surface area contributed by atoms with E-state index in [2.05, 4.69) is 0 Å². The van der Waals surface area contributed by atoms with E-state index < -0.39 is 11.1 Å².